The minimum absolute atomic E-state index is 0.711. The van der Waals surface area contributed by atoms with Gasteiger partial charge >= 0.3 is 0 Å². The normalized spacial score (nSPS) is 11.5. The average Bonchev–Trinajstić information content (AvgIpc) is 2.38. The van der Waals surface area contributed by atoms with Crippen LogP contribution in [0.3, 0.4) is 0 Å². The lowest BCUT2D eigenvalue weighted by atomic mass is 10.3. The van der Waals surface area contributed by atoms with Gasteiger partial charge in [0.2, 0.25) is 6.29 Å². The van der Waals surface area contributed by atoms with E-state index < -0.39 is 0 Å². The summed E-state index contributed by atoms with van der Waals surface area (Å²) in [4.78, 5) is 16.7. The molecule has 0 aromatic carbocycles. The van der Waals surface area contributed by atoms with Crippen LogP contribution in [-0.2, 0) is 4.79 Å². The molecule has 0 amide bonds. The standard InChI is InChI=1S/C7H7N2O/c1-6(2-5-10)7-8-3-4-9-7/h2-4H,1H3,(H,8,9). The van der Waals surface area contributed by atoms with Gasteiger partial charge in [-0.25, -0.2) is 4.98 Å². The number of hydrogen-bond acceptors (Lipinski definition) is 2. The SMILES string of the molecule is CC(=C[C]=O)c1ncc[nH]1. The summed E-state index contributed by atoms with van der Waals surface area (Å²) in [5.74, 6) is 0.711. The maximum absolute atomic E-state index is 9.87. The average molecular weight is 135 g/mol. The zero-order valence-corrected chi connectivity index (χ0v) is 5.59. The fourth-order valence-corrected chi connectivity index (χ4v) is 0.638. The number of allylic oxidation sites excluding steroid dienone is 2. The van der Waals surface area contributed by atoms with Crippen molar-refractivity contribution in [1.82, 2.24) is 9.97 Å². The molecule has 3 nitrogen and oxygen atoms in total. The molecule has 1 aromatic rings. The van der Waals surface area contributed by atoms with Crippen LogP contribution in [0.15, 0.2) is 18.5 Å². The van der Waals surface area contributed by atoms with E-state index in [4.69, 9.17) is 0 Å². The summed E-state index contributed by atoms with van der Waals surface area (Å²) in [5.41, 5.74) is 0.792. The van der Waals surface area contributed by atoms with Crippen LogP contribution in [0.4, 0.5) is 0 Å². The third kappa shape index (κ3) is 1.31. The van der Waals surface area contributed by atoms with E-state index in [9.17, 15) is 4.79 Å². The van der Waals surface area contributed by atoms with Crippen LogP contribution < -0.4 is 0 Å². The second-order valence-corrected chi connectivity index (χ2v) is 1.88. The lowest BCUT2D eigenvalue weighted by Crippen LogP contribution is -1.81. The Balaban J connectivity index is 2.86. The maximum Gasteiger partial charge on any atom is 0.226 e. The van der Waals surface area contributed by atoms with Gasteiger partial charge in [0.05, 0.1) is 0 Å². The Labute approximate surface area is 58.8 Å². The van der Waals surface area contributed by atoms with Gasteiger partial charge in [-0.15, -0.1) is 0 Å². The van der Waals surface area contributed by atoms with Crippen molar-refractivity contribution in [3.05, 3.63) is 24.3 Å². The van der Waals surface area contributed by atoms with Crippen LogP contribution in [0.2, 0.25) is 0 Å². The Morgan fingerprint density at radius 3 is 3.20 bits per heavy atom. The molecule has 51 valence electrons. The second-order valence-electron chi connectivity index (χ2n) is 1.88. The predicted octanol–water partition coefficient (Wildman–Crippen LogP) is 0.923. The molecule has 1 rings (SSSR count). The molecule has 0 aliphatic heterocycles. The molecule has 0 spiro atoms. The van der Waals surface area contributed by atoms with Crippen molar-refractivity contribution in [2.24, 2.45) is 0 Å². The molecule has 3 heteroatoms. The van der Waals surface area contributed by atoms with Gasteiger partial charge in [-0.2, -0.15) is 0 Å². The molecule has 0 unspecified atom stereocenters. The molecule has 0 fully saturated rings. The van der Waals surface area contributed by atoms with Crippen LogP contribution in [0.5, 0.6) is 0 Å². The third-order valence-electron chi connectivity index (χ3n) is 1.15. The number of rotatable bonds is 2. The molecule has 1 radical (unpaired) electrons. The van der Waals surface area contributed by atoms with Crippen LogP contribution in [0.25, 0.3) is 5.57 Å². The van der Waals surface area contributed by atoms with Gasteiger partial charge in [-0.05, 0) is 18.6 Å². The van der Waals surface area contributed by atoms with E-state index in [1.807, 2.05) is 0 Å². The van der Waals surface area contributed by atoms with E-state index in [0.29, 0.717) is 5.82 Å². The zero-order valence-electron chi connectivity index (χ0n) is 5.59. The van der Waals surface area contributed by atoms with E-state index >= 15 is 0 Å². The second kappa shape index (κ2) is 2.96. The summed E-state index contributed by atoms with van der Waals surface area (Å²) in [6, 6.07) is 0. The minimum atomic E-state index is 0.711. The molecule has 0 bridgehead atoms. The Kier molecular flexibility index (Phi) is 1.99. The van der Waals surface area contributed by atoms with E-state index in [1.54, 1.807) is 25.6 Å². The van der Waals surface area contributed by atoms with Gasteiger partial charge in [0.25, 0.3) is 0 Å². The summed E-state index contributed by atoms with van der Waals surface area (Å²) in [6.07, 6.45) is 6.37. The number of aromatic amines is 1. The molecule has 0 aliphatic carbocycles. The summed E-state index contributed by atoms with van der Waals surface area (Å²) in [7, 11) is 0. The van der Waals surface area contributed by atoms with Crippen molar-refractivity contribution in [1.29, 1.82) is 0 Å². The quantitative estimate of drug-likeness (QED) is 0.613. The van der Waals surface area contributed by atoms with Gasteiger partial charge in [0.1, 0.15) is 5.82 Å². The van der Waals surface area contributed by atoms with E-state index in [1.165, 1.54) is 6.08 Å². The van der Waals surface area contributed by atoms with Crippen LogP contribution in [0, 0.1) is 0 Å². The van der Waals surface area contributed by atoms with Crippen molar-refractivity contribution in [3.63, 3.8) is 0 Å². The molecule has 0 aliphatic rings. The first-order chi connectivity index (χ1) is 4.84. The number of hydrogen-bond donors (Lipinski definition) is 1. The van der Waals surface area contributed by atoms with E-state index in [0.717, 1.165) is 5.57 Å². The summed E-state index contributed by atoms with van der Waals surface area (Å²) < 4.78 is 0. The molecule has 1 heterocycles. The first kappa shape index (κ1) is 6.74. The highest BCUT2D eigenvalue weighted by Crippen LogP contribution is 2.04. The highest BCUT2D eigenvalue weighted by molar-refractivity contribution is 5.78. The molecular formula is C7H7N2O. The maximum atomic E-state index is 9.87. The topological polar surface area (TPSA) is 45.8 Å². The third-order valence-corrected chi connectivity index (χ3v) is 1.15. The molecule has 0 atom stereocenters. The van der Waals surface area contributed by atoms with Gasteiger partial charge in [-0.1, -0.05) is 0 Å². The van der Waals surface area contributed by atoms with Crippen LogP contribution in [-0.4, -0.2) is 16.3 Å². The fourth-order valence-electron chi connectivity index (χ4n) is 0.638. The number of nitrogens with one attached hydrogen (secondary N) is 1. The number of carbonyl (C=O) groups excluding carboxylic acids is 1. The number of nitrogens with zero attached hydrogens (tertiary/aromatic N) is 1. The molecule has 1 aromatic heterocycles. The van der Waals surface area contributed by atoms with E-state index in [-0.39, 0.29) is 0 Å². The van der Waals surface area contributed by atoms with Crippen LogP contribution >= 0.6 is 0 Å². The summed E-state index contributed by atoms with van der Waals surface area (Å²) in [5, 5.41) is 0. The highest BCUT2D eigenvalue weighted by Gasteiger charge is 1.94. The molecule has 0 saturated carbocycles. The van der Waals surface area contributed by atoms with Gasteiger partial charge in [0.15, 0.2) is 0 Å². The van der Waals surface area contributed by atoms with E-state index in [2.05, 4.69) is 9.97 Å². The molecule has 1 N–H and O–H groups in total. The highest BCUT2D eigenvalue weighted by atomic mass is 16.1. The summed E-state index contributed by atoms with van der Waals surface area (Å²) >= 11 is 0. The lowest BCUT2D eigenvalue weighted by Gasteiger charge is -1.89. The summed E-state index contributed by atoms with van der Waals surface area (Å²) in [6.45, 7) is 1.80. The zero-order chi connectivity index (χ0) is 7.40. The first-order valence-corrected chi connectivity index (χ1v) is 2.89. The predicted molar refractivity (Wildman–Crippen MR) is 37.9 cm³/mol. The molecule has 10 heavy (non-hydrogen) atoms. The number of H-pyrrole nitrogens is 1. The smallest absolute Gasteiger partial charge is 0.226 e. The van der Waals surface area contributed by atoms with Crippen molar-refractivity contribution in [3.8, 4) is 0 Å². The van der Waals surface area contributed by atoms with Crippen LogP contribution in [0.1, 0.15) is 12.7 Å². The largest absolute Gasteiger partial charge is 0.345 e. The van der Waals surface area contributed by atoms with Crippen molar-refractivity contribution >= 4 is 11.9 Å². The van der Waals surface area contributed by atoms with Gasteiger partial charge in [0, 0.05) is 12.4 Å². The molecule has 0 saturated heterocycles. The van der Waals surface area contributed by atoms with Gasteiger partial charge in [-0.3, -0.25) is 4.79 Å². The van der Waals surface area contributed by atoms with Crippen molar-refractivity contribution < 1.29 is 4.79 Å². The Morgan fingerprint density at radius 2 is 2.70 bits per heavy atom. The minimum Gasteiger partial charge on any atom is -0.345 e. The van der Waals surface area contributed by atoms with Crippen molar-refractivity contribution in [2.75, 3.05) is 0 Å². The first-order valence-electron chi connectivity index (χ1n) is 2.89. The Bertz CT molecular complexity index is 236. The lowest BCUT2D eigenvalue weighted by molar-refractivity contribution is 0.564. The molecular weight excluding hydrogens is 128 g/mol. The van der Waals surface area contributed by atoms with Gasteiger partial charge < -0.3 is 4.98 Å². The fraction of sp³-hybridized carbons (Fsp3) is 0.143. The number of aromatic nitrogens is 2. The Morgan fingerprint density at radius 1 is 1.90 bits per heavy atom. The number of imidazole rings is 1. The van der Waals surface area contributed by atoms with Crippen molar-refractivity contribution in [2.45, 2.75) is 6.92 Å². The Hall–Kier alpha value is -1.38. The monoisotopic (exact) mass is 135 g/mol.